The summed E-state index contributed by atoms with van der Waals surface area (Å²) in [6, 6.07) is 26.5. The SMILES string of the molecule is [C-]#[N+]c1ccc2c(c1)C(=O)OC2(c1ccc(O)c2ccccc12)c1ccc(O)c2ccccc12. The van der Waals surface area contributed by atoms with Crippen LogP contribution in [0.2, 0.25) is 0 Å². The summed E-state index contributed by atoms with van der Waals surface area (Å²) in [4.78, 5) is 16.8. The van der Waals surface area contributed by atoms with Crippen molar-refractivity contribution in [2.24, 2.45) is 0 Å². The summed E-state index contributed by atoms with van der Waals surface area (Å²) in [5.74, 6) is -0.286. The van der Waals surface area contributed by atoms with E-state index in [1.807, 2.05) is 48.5 Å². The minimum Gasteiger partial charge on any atom is -0.507 e. The molecule has 0 aromatic heterocycles. The number of phenols is 2. The van der Waals surface area contributed by atoms with Crippen LogP contribution in [-0.4, -0.2) is 16.2 Å². The standard InChI is InChI=1S/C29H17NO4/c1-30-17-10-11-25-22(16-17)28(33)34-29(25,23-12-14-26(31)20-8-4-2-6-18(20)23)24-13-15-27(32)21-9-5-3-7-19(21)24/h2-16,31-32H. The zero-order valence-electron chi connectivity index (χ0n) is 17.8. The van der Waals surface area contributed by atoms with E-state index in [9.17, 15) is 15.0 Å². The van der Waals surface area contributed by atoms with Crippen LogP contribution in [0.15, 0.2) is 91.0 Å². The molecule has 0 spiro atoms. The number of esters is 1. The highest BCUT2D eigenvalue weighted by Crippen LogP contribution is 2.52. The first kappa shape index (κ1) is 19.8. The Hall–Kier alpha value is -4.82. The fourth-order valence-corrected chi connectivity index (χ4v) is 5.05. The minimum atomic E-state index is -1.35. The van der Waals surface area contributed by atoms with Gasteiger partial charge in [0.1, 0.15) is 11.5 Å². The van der Waals surface area contributed by atoms with Crippen LogP contribution in [-0.2, 0) is 10.3 Å². The predicted octanol–water partition coefficient (Wildman–Crippen LogP) is 6.42. The maximum atomic E-state index is 13.3. The van der Waals surface area contributed by atoms with Crippen LogP contribution in [0.25, 0.3) is 26.4 Å². The van der Waals surface area contributed by atoms with Crippen molar-refractivity contribution in [1.82, 2.24) is 0 Å². The Morgan fingerprint density at radius 2 is 1.18 bits per heavy atom. The topological polar surface area (TPSA) is 71.1 Å². The molecule has 0 fully saturated rings. The first-order valence-electron chi connectivity index (χ1n) is 10.7. The van der Waals surface area contributed by atoms with Crippen molar-refractivity contribution in [3.05, 3.63) is 125 Å². The first-order chi connectivity index (χ1) is 16.5. The Labute approximate surface area is 194 Å². The molecule has 1 aliphatic rings. The molecule has 1 aliphatic heterocycles. The molecule has 0 saturated carbocycles. The molecule has 5 nitrogen and oxygen atoms in total. The average molecular weight is 443 g/mol. The van der Waals surface area contributed by atoms with Crippen LogP contribution >= 0.6 is 0 Å². The van der Waals surface area contributed by atoms with E-state index in [0.29, 0.717) is 38.7 Å². The summed E-state index contributed by atoms with van der Waals surface area (Å²) in [6.45, 7) is 7.38. The molecule has 5 aromatic carbocycles. The zero-order chi connectivity index (χ0) is 23.4. The number of hydrogen-bond donors (Lipinski definition) is 2. The van der Waals surface area contributed by atoms with E-state index in [2.05, 4.69) is 4.85 Å². The van der Waals surface area contributed by atoms with Gasteiger partial charge in [0.15, 0.2) is 11.3 Å². The first-order valence-corrected chi connectivity index (χ1v) is 10.7. The molecule has 0 unspecified atom stereocenters. The van der Waals surface area contributed by atoms with Crippen molar-refractivity contribution in [1.29, 1.82) is 0 Å². The summed E-state index contributed by atoms with van der Waals surface area (Å²) in [7, 11) is 0. The lowest BCUT2D eigenvalue weighted by atomic mass is 9.76. The molecule has 6 rings (SSSR count). The number of hydrogen-bond acceptors (Lipinski definition) is 4. The van der Waals surface area contributed by atoms with Crippen LogP contribution < -0.4 is 0 Å². The number of phenolic OH excluding ortho intramolecular Hbond substituents is 2. The van der Waals surface area contributed by atoms with Gasteiger partial charge >= 0.3 is 5.97 Å². The Kier molecular flexibility index (Phi) is 4.14. The monoisotopic (exact) mass is 443 g/mol. The third-order valence-corrected chi connectivity index (χ3v) is 6.54. The smallest absolute Gasteiger partial charge is 0.338 e. The predicted molar refractivity (Wildman–Crippen MR) is 129 cm³/mol. The van der Waals surface area contributed by atoms with Crippen LogP contribution in [0, 0.1) is 6.57 Å². The van der Waals surface area contributed by atoms with Gasteiger partial charge in [-0.2, -0.15) is 0 Å². The molecule has 0 amide bonds. The lowest BCUT2D eigenvalue weighted by Crippen LogP contribution is -2.30. The van der Waals surface area contributed by atoms with Gasteiger partial charge in [-0.25, -0.2) is 9.64 Å². The fraction of sp³-hybridized carbons (Fsp3) is 0.0345. The van der Waals surface area contributed by atoms with Gasteiger partial charge in [0.25, 0.3) is 0 Å². The lowest BCUT2D eigenvalue weighted by Gasteiger charge is -2.32. The van der Waals surface area contributed by atoms with Gasteiger partial charge < -0.3 is 14.9 Å². The van der Waals surface area contributed by atoms with Gasteiger partial charge in [0, 0.05) is 27.5 Å². The molecule has 5 aromatic rings. The largest absolute Gasteiger partial charge is 0.507 e. The van der Waals surface area contributed by atoms with E-state index in [1.54, 1.807) is 42.5 Å². The second-order valence-electron chi connectivity index (χ2n) is 8.27. The summed E-state index contributed by atoms with van der Waals surface area (Å²) in [5.41, 5.74) is 1.28. The van der Waals surface area contributed by atoms with Gasteiger partial charge in [-0.1, -0.05) is 60.7 Å². The molecule has 0 atom stereocenters. The Morgan fingerprint density at radius 3 is 1.71 bits per heavy atom. The van der Waals surface area contributed by atoms with Crippen molar-refractivity contribution in [2.45, 2.75) is 5.60 Å². The normalized spacial score (nSPS) is 14.0. The van der Waals surface area contributed by atoms with Crippen molar-refractivity contribution in [2.75, 3.05) is 0 Å². The molecule has 0 saturated heterocycles. The van der Waals surface area contributed by atoms with E-state index in [0.717, 1.165) is 10.8 Å². The van der Waals surface area contributed by atoms with E-state index in [1.165, 1.54) is 0 Å². The van der Waals surface area contributed by atoms with Crippen LogP contribution in [0.5, 0.6) is 11.5 Å². The van der Waals surface area contributed by atoms with E-state index < -0.39 is 11.6 Å². The number of benzene rings is 5. The van der Waals surface area contributed by atoms with Gasteiger partial charge in [-0.15, -0.1) is 0 Å². The molecule has 0 bridgehead atoms. The van der Waals surface area contributed by atoms with Crippen molar-refractivity contribution in [3.8, 4) is 11.5 Å². The van der Waals surface area contributed by atoms with Crippen molar-refractivity contribution >= 4 is 33.2 Å². The number of aromatic hydroxyl groups is 2. The maximum absolute atomic E-state index is 13.3. The Morgan fingerprint density at radius 1 is 0.676 bits per heavy atom. The maximum Gasteiger partial charge on any atom is 0.338 e. The Bertz CT molecular complexity index is 1610. The molecule has 0 aliphatic carbocycles. The highest BCUT2D eigenvalue weighted by molar-refractivity contribution is 6.02. The molecule has 5 heteroatoms. The summed E-state index contributed by atoms with van der Waals surface area (Å²) < 4.78 is 6.28. The number of carbonyl (C=O) groups excluding carboxylic acids is 1. The molecule has 2 N–H and O–H groups in total. The van der Waals surface area contributed by atoms with Crippen LogP contribution in [0.4, 0.5) is 5.69 Å². The summed E-state index contributed by atoms with van der Waals surface area (Å²) in [5, 5.41) is 23.8. The van der Waals surface area contributed by atoms with E-state index >= 15 is 0 Å². The second-order valence-corrected chi connectivity index (χ2v) is 8.27. The van der Waals surface area contributed by atoms with Crippen LogP contribution in [0.3, 0.4) is 0 Å². The number of nitrogens with zero attached hydrogens (tertiary/aromatic N) is 1. The third-order valence-electron chi connectivity index (χ3n) is 6.54. The van der Waals surface area contributed by atoms with Gasteiger partial charge in [-0.3, -0.25) is 0 Å². The third kappa shape index (κ3) is 2.57. The van der Waals surface area contributed by atoms with Gasteiger partial charge in [0.2, 0.25) is 0 Å². The molecular weight excluding hydrogens is 426 g/mol. The second kappa shape index (κ2) is 7.09. The summed E-state index contributed by atoms with van der Waals surface area (Å²) >= 11 is 0. The lowest BCUT2D eigenvalue weighted by molar-refractivity contribution is 0.0260. The van der Waals surface area contributed by atoms with Crippen LogP contribution in [0.1, 0.15) is 27.0 Å². The highest BCUT2D eigenvalue weighted by atomic mass is 16.6. The van der Waals surface area contributed by atoms with Crippen molar-refractivity contribution in [3.63, 3.8) is 0 Å². The van der Waals surface area contributed by atoms with E-state index in [4.69, 9.17) is 11.3 Å². The summed E-state index contributed by atoms with van der Waals surface area (Å²) in [6.07, 6.45) is 0. The number of cyclic esters (lactones) is 1. The highest BCUT2D eigenvalue weighted by Gasteiger charge is 2.50. The zero-order valence-corrected chi connectivity index (χ0v) is 17.8. The number of fused-ring (bicyclic) bond motifs is 3. The quantitative estimate of drug-likeness (QED) is 0.244. The number of carbonyl (C=O) groups is 1. The van der Waals surface area contributed by atoms with E-state index in [-0.39, 0.29) is 11.5 Å². The molecule has 34 heavy (non-hydrogen) atoms. The number of rotatable bonds is 2. The molecule has 0 radical (unpaired) electrons. The van der Waals surface area contributed by atoms with Crippen molar-refractivity contribution < 1.29 is 19.7 Å². The van der Waals surface area contributed by atoms with Gasteiger partial charge in [-0.05, 0) is 41.1 Å². The van der Waals surface area contributed by atoms with Gasteiger partial charge in [0.05, 0.1) is 12.1 Å². The fourth-order valence-electron chi connectivity index (χ4n) is 5.05. The molecular formula is C29H17NO4. The Balaban J connectivity index is 1.81. The average Bonchev–Trinajstić information content (AvgIpc) is 3.17. The minimum absolute atomic E-state index is 0.123. The molecule has 1 heterocycles. The molecule has 162 valence electrons. The number of ether oxygens (including phenoxy) is 1.